The first-order chi connectivity index (χ1) is 14.6. The first kappa shape index (κ1) is 21.8. The summed E-state index contributed by atoms with van der Waals surface area (Å²) >= 11 is 0. The van der Waals surface area contributed by atoms with Gasteiger partial charge in [0.2, 0.25) is 0 Å². The third kappa shape index (κ3) is 6.05. The molecule has 1 saturated heterocycles. The van der Waals surface area contributed by atoms with Crippen molar-refractivity contribution >= 4 is 11.6 Å². The maximum Gasteiger partial charge on any atom is 0.295 e. The average Bonchev–Trinajstić information content (AvgIpc) is 2.79. The molecule has 1 amide bonds. The number of benzene rings is 2. The van der Waals surface area contributed by atoms with Gasteiger partial charge < -0.3 is 19.3 Å². The molecule has 160 valence electrons. The van der Waals surface area contributed by atoms with E-state index in [4.69, 9.17) is 9.47 Å². The Balaban J connectivity index is 1.45. The molecular weight excluding hydrogens is 380 g/mol. The molecule has 3 N–H and O–H groups in total. The molecule has 30 heavy (non-hydrogen) atoms. The summed E-state index contributed by atoms with van der Waals surface area (Å²) in [6, 6.07) is 16.2. The molecule has 0 aromatic heterocycles. The number of amides is 1. The summed E-state index contributed by atoms with van der Waals surface area (Å²) in [5.41, 5.74) is 5.66. The van der Waals surface area contributed by atoms with Crippen molar-refractivity contribution in [2.45, 2.75) is 13.5 Å². The third-order valence-electron chi connectivity index (χ3n) is 5.52. The molecule has 0 radical (unpaired) electrons. The number of hydrogen-bond donors (Lipinski definition) is 3. The minimum atomic E-state index is -0.0589. The van der Waals surface area contributed by atoms with E-state index in [1.54, 1.807) is 19.1 Å². The summed E-state index contributed by atoms with van der Waals surface area (Å²) in [4.78, 5) is 15.2. The van der Waals surface area contributed by atoms with Gasteiger partial charge in [-0.2, -0.15) is 5.10 Å². The van der Waals surface area contributed by atoms with Crippen molar-refractivity contribution < 1.29 is 24.1 Å². The number of hydrazone groups is 1. The van der Waals surface area contributed by atoms with Crippen molar-refractivity contribution in [3.8, 4) is 11.5 Å². The zero-order valence-electron chi connectivity index (χ0n) is 18.0. The van der Waals surface area contributed by atoms with Crippen molar-refractivity contribution in [3.63, 3.8) is 0 Å². The molecule has 0 unspecified atom stereocenters. The van der Waals surface area contributed by atoms with E-state index in [1.165, 1.54) is 10.5 Å². The fourth-order valence-corrected chi connectivity index (χ4v) is 3.73. The Kier molecular flexibility index (Phi) is 7.82. The van der Waals surface area contributed by atoms with Crippen molar-refractivity contribution in [2.75, 3.05) is 46.9 Å². The lowest BCUT2D eigenvalue weighted by molar-refractivity contribution is -1.02. The van der Waals surface area contributed by atoms with Crippen molar-refractivity contribution in [1.82, 2.24) is 5.43 Å². The maximum atomic E-state index is 12.4. The molecule has 0 bridgehead atoms. The molecule has 1 aliphatic rings. The topological polar surface area (TPSA) is 68.8 Å². The summed E-state index contributed by atoms with van der Waals surface area (Å²) in [6.45, 7) is 7.50. The average molecular weight is 413 g/mol. The summed E-state index contributed by atoms with van der Waals surface area (Å²) in [7, 11) is 3.20. The normalized spacial score (nSPS) is 19.2. The Bertz CT molecular complexity index is 862. The van der Waals surface area contributed by atoms with Crippen molar-refractivity contribution in [1.29, 1.82) is 0 Å². The van der Waals surface area contributed by atoms with Crippen LogP contribution in [0.5, 0.6) is 11.5 Å². The first-order valence-electron chi connectivity index (χ1n) is 10.4. The highest BCUT2D eigenvalue weighted by Gasteiger charge is 2.24. The van der Waals surface area contributed by atoms with Crippen LogP contribution < -0.4 is 24.7 Å². The van der Waals surface area contributed by atoms with Crippen LogP contribution in [0.2, 0.25) is 0 Å². The minimum absolute atomic E-state index is 0.0589. The van der Waals surface area contributed by atoms with Gasteiger partial charge >= 0.3 is 0 Å². The Morgan fingerprint density at radius 1 is 0.967 bits per heavy atom. The predicted molar refractivity (Wildman–Crippen MR) is 116 cm³/mol. The highest BCUT2D eigenvalue weighted by Crippen LogP contribution is 2.27. The van der Waals surface area contributed by atoms with E-state index in [-0.39, 0.29) is 5.91 Å². The lowest BCUT2D eigenvalue weighted by Crippen LogP contribution is -3.28. The van der Waals surface area contributed by atoms with E-state index in [2.05, 4.69) is 40.9 Å². The molecule has 3 rings (SSSR count). The number of carbonyl (C=O) groups is 1. The molecule has 0 atom stereocenters. The second kappa shape index (κ2) is 10.8. The van der Waals surface area contributed by atoms with Crippen LogP contribution in [0.3, 0.4) is 0 Å². The summed E-state index contributed by atoms with van der Waals surface area (Å²) in [5, 5.41) is 4.26. The van der Waals surface area contributed by atoms with Crippen LogP contribution in [0.15, 0.2) is 53.6 Å². The lowest BCUT2D eigenvalue weighted by atomic mass is 10.1. The van der Waals surface area contributed by atoms with Gasteiger partial charge in [-0.3, -0.25) is 4.79 Å². The summed E-state index contributed by atoms with van der Waals surface area (Å²) in [6.07, 6.45) is 0. The van der Waals surface area contributed by atoms with Crippen LogP contribution >= 0.6 is 0 Å². The van der Waals surface area contributed by atoms with Gasteiger partial charge in [-0.15, -0.1) is 0 Å². The molecule has 2 aromatic rings. The van der Waals surface area contributed by atoms with E-state index in [0.717, 1.165) is 44.0 Å². The van der Waals surface area contributed by atoms with Gasteiger partial charge in [-0.05, 0) is 25.1 Å². The zero-order chi connectivity index (χ0) is 21.3. The number of carbonyl (C=O) groups excluding carboxylic acids is 1. The number of methoxy groups -OCH3 is 2. The van der Waals surface area contributed by atoms with Gasteiger partial charge in [0.05, 0.1) is 19.9 Å². The van der Waals surface area contributed by atoms with Crippen LogP contribution in [0.1, 0.15) is 18.1 Å². The number of nitrogens with zero attached hydrogens (tertiary/aromatic N) is 1. The lowest BCUT2D eigenvalue weighted by Gasteiger charge is -2.29. The Labute approximate surface area is 178 Å². The predicted octanol–water partition coefficient (Wildman–Crippen LogP) is -0.472. The number of rotatable bonds is 8. The van der Waals surface area contributed by atoms with Crippen LogP contribution in [0.25, 0.3) is 0 Å². The Morgan fingerprint density at radius 2 is 1.63 bits per heavy atom. The van der Waals surface area contributed by atoms with Crippen molar-refractivity contribution in [3.05, 3.63) is 59.7 Å². The second-order valence-electron chi connectivity index (χ2n) is 7.64. The Hall–Kier alpha value is -2.90. The number of piperazine rings is 1. The van der Waals surface area contributed by atoms with E-state index < -0.39 is 0 Å². The first-order valence-corrected chi connectivity index (χ1v) is 10.4. The van der Waals surface area contributed by atoms with Crippen LogP contribution in [-0.2, 0) is 11.3 Å². The number of ether oxygens (including phenoxy) is 2. The second-order valence-corrected chi connectivity index (χ2v) is 7.64. The molecule has 2 aromatic carbocycles. The monoisotopic (exact) mass is 412 g/mol. The maximum absolute atomic E-state index is 12.4. The van der Waals surface area contributed by atoms with Crippen LogP contribution in [0, 0.1) is 0 Å². The van der Waals surface area contributed by atoms with Crippen LogP contribution in [-0.4, -0.2) is 58.6 Å². The molecule has 1 fully saturated rings. The zero-order valence-corrected chi connectivity index (χ0v) is 18.0. The third-order valence-corrected chi connectivity index (χ3v) is 5.52. The van der Waals surface area contributed by atoms with Crippen molar-refractivity contribution in [2.24, 2.45) is 5.10 Å². The Morgan fingerprint density at radius 3 is 2.30 bits per heavy atom. The summed E-state index contributed by atoms with van der Waals surface area (Å²) < 4.78 is 10.6. The van der Waals surface area contributed by atoms with Gasteiger partial charge in [0, 0.05) is 11.1 Å². The molecular formula is C23H32N4O3+2. The number of quaternary nitrogens is 2. The van der Waals surface area contributed by atoms with Gasteiger partial charge in [0.1, 0.15) is 32.7 Å². The van der Waals surface area contributed by atoms with Gasteiger partial charge in [0.25, 0.3) is 5.91 Å². The van der Waals surface area contributed by atoms with Gasteiger partial charge in [0.15, 0.2) is 18.0 Å². The van der Waals surface area contributed by atoms with Crippen LogP contribution in [0.4, 0.5) is 0 Å². The number of nitrogens with one attached hydrogen (secondary N) is 3. The molecule has 1 heterocycles. The molecule has 7 heteroatoms. The highest BCUT2D eigenvalue weighted by atomic mass is 16.5. The fraction of sp³-hybridized carbons (Fsp3) is 0.391. The molecule has 0 spiro atoms. The SMILES string of the molecule is COc1ccc(/C(C)=N/NC(=O)C[NH+]2CC[NH+](Cc3ccccc3)CC2)cc1OC. The summed E-state index contributed by atoms with van der Waals surface area (Å²) in [5.74, 6) is 1.24. The van der Waals surface area contributed by atoms with Gasteiger partial charge in [-0.1, -0.05) is 30.3 Å². The quantitative estimate of drug-likeness (QED) is 0.406. The van der Waals surface area contributed by atoms with E-state index >= 15 is 0 Å². The van der Waals surface area contributed by atoms with E-state index in [0.29, 0.717) is 18.0 Å². The van der Waals surface area contributed by atoms with Gasteiger partial charge in [-0.25, -0.2) is 5.43 Å². The highest BCUT2D eigenvalue weighted by molar-refractivity contribution is 5.99. The molecule has 0 saturated carbocycles. The standard InChI is InChI=1S/C23H30N4O3/c1-18(20-9-10-21(29-2)22(15-20)30-3)24-25-23(28)17-27-13-11-26(12-14-27)16-19-7-5-4-6-8-19/h4-10,15H,11-14,16-17H2,1-3H3,(H,25,28)/p+2/b24-18+. The van der Waals surface area contributed by atoms with E-state index in [1.807, 2.05) is 25.1 Å². The van der Waals surface area contributed by atoms with E-state index in [9.17, 15) is 4.79 Å². The fourth-order valence-electron chi connectivity index (χ4n) is 3.73. The molecule has 0 aliphatic carbocycles. The molecule has 1 aliphatic heterocycles. The minimum Gasteiger partial charge on any atom is -0.493 e. The number of hydrogen-bond acceptors (Lipinski definition) is 4. The molecule has 7 nitrogen and oxygen atoms in total. The largest absolute Gasteiger partial charge is 0.493 e. The smallest absolute Gasteiger partial charge is 0.295 e.